The number of hydrogen-bond acceptors (Lipinski definition) is 3. The minimum absolute atomic E-state index is 0.176. The number of benzene rings is 3. The van der Waals surface area contributed by atoms with Crippen LogP contribution in [0.1, 0.15) is 22.8 Å². The topological polar surface area (TPSA) is 55.1 Å². The van der Waals surface area contributed by atoms with Gasteiger partial charge in [-0.05, 0) is 66.6 Å². The first-order valence-corrected chi connectivity index (χ1v) is 9.07. The Morgan fingerprint density at radius 2 is 1.78 bits per heavy atom. The zero-order valence-corrected chi connectivity index (χ0v) is 15.5. The van der Waals surface area contributed by atoms with Crippen LogP contribution in [0.15, 0.2) is 71.3 Å². The summed E-state index contributed by atoms with van der Waals surface area (Å²) < 4.78 is 5.49. The normalized spacial score (nSPS) is 10.9. The molecule has 0 bridgehead atoms. The van der Waals surface area contributed by atoms with Crippen LogP contribution in [0.3, 0.4) is 0 Å². The van der Waals surface area contributed by atoms with Crippen molar-refractivity contribution in [1.29, 1.82) is 0 Å². The monoisotopic (exact) mass is 376 g/mol. The average molecular weight is 377 g/mol. The molecular weight excluding hydrogens is 360 g/mol. The molecular formula is C22H17ClN2O2. The Balaban J connectivity index is 1.64. The van der Waals surface area contributed by atoms with E-state index in [0.29, 0.717) is 21.9 Å². The third kappa shape index (κ3) is 3.57. The molecule has 0 aliphatic carbocycles. The van der Waals surface area contributed by atoms with Crippen molar-refractivity contribution in [3.8, 4) is 11.3 Å². The molecule has 0 atom stereocenters. The number of nitrogens with zero attached hydrogens (tertiary/aromatic N) is 1. The second-order valence-electron chi connectivity index (χ2n) is 6.26. The van der Waals surface area contributed by atoms with E-state index >= 15 is 0 Å². The predicted octanol–water partition coefficient (Wildman–Crippen LogP) is 5.96. The Labute approximate surface area is 161 Å². The molecule has 0 saturated heterocycles. The minimum atomic E-state index is -0.176. The SMILES string of the molecule is CCc1ccc(NC(=O)c2ccc3noc(-c4ccc(Cl)cc4)c3c2)cc1. The lowest BCUT2D eigenvalue weighted by Gasteiger charge is -2.06. The number of amides is 1. The molecule has 0 radical (unpaired) electrons. The van der Waals surface area contributed by atoms with Crippen molar-refractivity contribution in [3.63, 3.8) is 0 Å². The molecule has 1 heterocycles. The van der Waals surface area contributed by atoms with E-state index in [2.05, 4.69) is 17.4 Å². The summed E-state index contributed by atoms with van der Waals surface area (Å²) in [5.74, 6) is 0.438. The maximum Gasteiger partial charge on any atom is 0.255 e. The first kappa shape index (κ1) is 17.3. The molecule has 27 heavy (non-hydrogen) atoms. The number of carbonyl (C=O) groups excluding carboxylic acids is 1. The molecule has 1 amide bonds. The molecule has 5 heteroatoms. The molecule has 0 unspecified atom stereocenters. The fraction of sp³-hybridized carbons (Fsp3) is 0.0909. The van der Waals surface area contributed by atoms with Crippen molar-refractivity contribution in [2.24, 2.45) is 0 Å². The number of halogens is 1. The second kappa shape index (κ2) is 7.25. The zero-order valence-electron chi connectivity index (χ0n) is 14.7. The first-order chi connectivity index (χ1) is 13.1. The van der Waals surface area contributed by atoms with E-state index in [0.717, 1.165) is 23.1 Å². The lowest BCUT2D eigenvalue weighted by Crippen LogP contribution is -2.11. The van der Waals surface area contributed by atoms with Crippen molar-refractivity contribution >= 4 is 34.1 Å². The van der Waals surface area contributed by atoms with Crippen LogP contribution >= 0.6 is 11.6 Å². The zero-order chi connectivity index (χ0) is 18.8. The Hall–Kier alpha value is -3.11. The van der Waals surface area contributed by atoms with Gasteiger partial charge in [-0.25, -0.2) is 0 Å². The maximum atomic E-state index is 12.6. The molecule has 0 saturated carbocycles. The molecule has 4 rings (SSSR count). The van der Waals surface area contributed by atoms with E-state index in [1.807, 2.05) is 36.4 Å². The number of rotatable bonds is 4. The summed E-state index contributed by atoms with van der Waals surface area (Å²) in [4.78, 5) is 12.6. The standard InChI is InChI=1S/C22H17ClN2O2/c1-2-14-3-10-18(11-4-14)24-22(26)16-7-12-20-19(13-16)21(27-25-20)15-5-8-17(23)9-6-15/h3-13H,2H2,1H3,(H,24,26). The van der Waals surface area contributed by atoms with E-state index in [1.165, 1.54) is 5.56 Å². The molecule has 3 aromatic carbocycles. The first-order valence-electron chi connectivity index (χ1n) is 8.69. The van der Waals surface area contributed by atoms with E-state index in [9.17, 15) is 4.79 Å². The number of aryl methyl sites for hydroxylation is 1. The van der Waals surface area contributed by atoms with Crippen LogP contribution in [0.5, 0.6) is 0 Å². The van der Waals surface area contributed by atoms with Gasteiger partial charge < -0.3 is 9.84 Å². The third-order valence-corrected chi connectivity index (χ3v) is 4.72. The highest BCUT2D eigenvalue weighted by Gasteiger charge is 2.14. The summed E-state index contributed by atoms with van der Waals surface area (Å²) in [5.41, 5.74) is 4.09. The molecule has 0 aliphatic rings. The molecule has 134 valence electrons. The highest BCUT2D eigenvalue weighted by atomic mass is 35.5. The van der Waals surface area contributed by atoms with Crippen LogP contribution in [-0.2, 0) is 6.42 Å². The van der Waals surface area contributed by atoms with E-state index in [4.69, 9.17) is 16.1 Å². The van der Waals surface area contributed by atoms with E-state index in [1.54, 1.807) is 30.3 Å². The average Bonchev–Trinajstić information content (AvgIpc) is 3.12. The summed E-state index contributed by atoms with van der Waals surface area (Å²) >= 11 is 5.95. The summed E-state index contributed by atoms with van der Waals surface area (Å²) in [6, 6.07) is 20.5. The van der Waals surface area contributed by atoms with Crippen molar-refractivity contribution in [2.45, 2.75) is 13.3 Å². The van der Waals surface area contributed by atoms with Gasteiger partial charge in [0.1, 0.15) is 5.52 Å². The van der Waals surface area contributed by atoms with Gasteiger partial charge in [0.25, 0.3) is 5.91 Å². The Morgan fingerprint density at radius 1 is 1.04 bits per heavy atom. The second-order valence-corrected chi connectivity index (χ2v) is 6.69. The number of hydrogen-bond donors (Lipinski definition) is 1. The number of aromatic nitrogens is 1. The van der Waals surface area contributed by atoms with Gasteiger partial charge in [-0.3, -0.25) is 4.79 Å². The molecule has 4 nitrogen and oxygen atoms in total. The number of nitrogens with one attached hydrogen (secondary N) is 1. The molecule has 0 aliphatic heterocycles. The Bertz CT molecular complexity index is 1100. The third-order valence-electron chi connectivity index (χ3n) is 4.47. The van der Waals surface area contributed by atoms with Gasteiger partial charge >= 0.3 is 0 Å². The van der Waals surface area contributed by atoms with Gasteiger partial charge in [0.15, 0.2) is 5.76 Å². The predicted molar refractivity (Wildman–Crippen MR) is 108 cm³/mol. The van der Waals surface area contributed by atoms with Gasteiger partial charge in [-0.15, -0.1) is 0 Å². The highest BCUT2D eigenvalue weighted by molar-refractivity contribution is 6.30. The maximum absolute atomic E-state index is 12.6. The summed E-state index contributed by atoms with van der Waals surface area (Å²) in [6.07, 6.45) is 0.964. The fourth-order valence-electron chi connectivity index (χ4n) is 2.92. The lowest BCUT2D eigenvalue weighted by molar-refractivity contribution is 0.102. The van der Waals surface area contributed by atoms with Crippen LogP contribution in [0.2, 0.25) is 5.02 Å². The van der Waals surface area contributed by atoms with Crippen molar-refractivity contribution < 1.29 is 9.32 Å². The van der Waals surface area contributed by atoms with Crippen molar-refractivity contribution in [2.75, 3.05) is 5.32 Å². The van der Waals surface area contributed by atoms with Gasteiger partial charge in [-0.2, -0.15) is 0 Å². The quantitative estimate of drug-likeness (QED) is 0.478. The highest BCUT2D eigenvalue weighted by Crippen LogP contribution is 2.30. The minimum Gasteiger partial charge on any atom is -0.355 e. The van der Waals surface area contributed by atoms with Gasteiger partial charge in [-0.1, -0.05) is 35.8 Å². The largest absolute Gasteiger partial charge is 0.355 e. The van der Waals surface area contributed by atoms with Gasteiger partial charge in [0.2, 0.25) is 0 Å². The van der Waals surface area contributed by atoms with E-state index in [-0.39, 0.29) is 5.91 Å². The number of fused-ring (bicyclic) bond motifs is 1. The molecule has 1 N–H and O–H groups in total. The summed E-state index contributed by atoms with van der Waals surface area (Å²) in [5, 5.41) is 8.44. The summed E-state index contributed by atoms with van der Waals surface area (Å²) in [6.45, 7) is 2.10. The van der Waals surface area contributed by atoms with E-state index < -0.39 is 0 Å². The fourth-order valence-corrected chi connectivity index (χ4v) is 3.05. The van der Waals surface area contributed by atoms with Gasteiger partial charge in [0.05, 0.1) is 5.39 Å². The Morgan fingerprint density at radius 3 is 2.48 bits per heavy atom. The number of carbonyl (C=O) groups is 1. The van der Waals surface area contributed by atoms with Crippen LogP contribution in [0.25, 0.3) is 22.2 Å². The molecule has 1 aromatic heterocycles. The van der Waals surface area contributed by atoms with Crippen LogP contribution in [0.4, 0.5) is 5.69 Å². The van der Waals surface area contributed by atoms with Crippen molar-refractivity contribution in [3.05, 3.63) is 82.9 Å². The number of anilines is 1. The van der Waals surface area contributed by atoms with Crippen LogP contribution in [0, 0.1) is 0 Å². The van der Waals surface area contributed by atoms with Crippen molar-refractivity contribution in [1.82, 2.24) is 5.16 Å². The lowest BCUT2D eigenvalue weighted by atomic mass is 10.1. The Kier molecular flexibility index (Phi) is 4.65. The smallest absolute Gasteiger partial charge is 0.255 e. The molecule has 0 spiro atoms. The van der Waals surface area contributed by atoms with Crippen LogP contribution in [-0.4, -0.2) is 11.1 Å². The summed E-state index contributed by atoms with van der Waals surface area (Å²) in [7, 11) is 0. The molecule has 0 fully saturated rings. The van der Waals surface area contributed by atoms with Gasteiger partial charge in [0, 0.05) is 21.8 Å². The molecule has 4 aromatic rings. The van der Waals surface area contributed by atoms with Crippen LogP contribution < -0.4 is 5.32 Å².